The monoisotopic (exact) mass is 365 g/mol. The van der Waals surface area contributed by atoms with Gasteiger partial charge in [0.25, 0.3) is 0 Å². The molecule has 3 aromatic rings. The van der Waals surface area contributed by atoms with Crippen molar-refractivity contribution < 1.29 is 9.47 Å². The Labute approximate surface area is 157 Å². The van der Waals surface area contributed by atoms with E-state index >= 15 is 0 Å². The van der Waals surface area contributed by atoms with Crippen LogP contribution in [0.5, 0.6) is 11.5 Å². The topological polar surface area (TPSA) is 67.0 Å². The van der Waals surface area contributed by atoms with Crippen LogP contribution in [-0.4, -0.2) is 31.3 Å². The molecule has 140 valence electrons. The van der Waals surface area contributed by atoms with Gasteiger partial charge in [0.15, 0.2) is 17.3 Å². The first-order valence-electron chi connectivity index (χ1n) is 9.45. The van der Waals surface area contributed by atoms with E-state index < -0.39 is 0 Å². The average molecular weight is 365 g/mol. The molecule has 3 heterocycles. The Kier molecular flexibility index (Phi) is 3.70. The molecule has 2 aliphatic rings. The zero-order chi connectivity index (χ0) is 18.5. The zero-order valence-corrected chi connectivity index (χ0v) is 15.9. The van der Waals surface area contributed by atoms with Crippen LogP contribution in [-0.2, 0) is 19.9 Å². The fourth-order valence-electron chi connectivity index (χ4n) is 3.68. The third-order valence-electron chi connectivity index (χ3n) is 5.49. The maximum atomic E-state index is 5.54. The van der Waals surface area contributed by atoms with Gasteiger partial charge in [0.1, 0.15) is 5.82 Å². The van der Waals surface area contributed by atoms with Crippen molar-refractivity contribution >= 4 is 0 Å². The minimum atomic E-state index is 0.274. The molecule has 1 fully saturated rings. The van der Waals surface area contributed by atoms with E-state index in [1.54, 1.807) is 0 Å². The van der Waals surface area contributed by atoms with Crippen LogP contribution >= 0.6 is 0 Å². The van der Waals surface area contributed by atoms with Gasteiger partial charge in [0, 0.05) is 31.1 Å². The van der Waals surface area contributed by atoms with Gasteiger partial charge in [-0.2, -0.15) is 10.2 Å². The number of hydrogen-bond donors (Lipinski definition) is 0. The third kappa shape index (κ3) is 2.87. The molecule has 1 aromatic carbocycles. The van der Waals surface area contributed by atoms with Crippen molar-refractivity contribution in [3.05, 3.63) is 46.8 Å². The first-order chi connectivity index (χ1) is 13.1. The summed E-state index contributed by atoms with van der Waals surface area (Å²) in [6.45, 7) is 4.46. The highest BCUT2D eigenvalue weighted by molar-refractivity contribution is 5.50. The molecule has 7 nitrogen and oxygen atoms in total. The van der Waals surface area contributed by atoms with E-state index in [9.17, 15) is 0 Å². The summed E-state index contributed by atoms with van der Waals surface area (Å²) in [5.74, 6) is 4.01. The quantitative estimate of drug-likeness (QED) is 0.695. The molecule has 2 aromatic heterocycles. The summed E-state index contributed by atoms with van der Waals surface area (Å²) in [6, 6.07) is 5.94. The van der Waals surface area contributed by atoms with Crippen molar-refractivity contribution in [2.45, 2.75) is 45.4 Å². The molecular weight excluding hydrogens is 342 g/mol. The Balaban J connectivity index is 1.48. The van der Waals surface area contributed by atoms with E-state index in [1.807, 2.05) is 34.6 Å². The second-order valence-electron chi connectivity index (χ2n) is 7.38. The largest absolute Gasteiger partial charge is 0.454 e. The summed E-state index contributed by atoms with van der Waals surface area (Å²) >= 11 is 0. The minimum Gasteiger partial charge on any atom is -0.454 e. The predicted octanol–water partition coefficient (Wildman–Crippen LogP) is 3.01. The molecule has 0 unspecified atom stereocenters. The molecule has 0 atom stereocenters. The molecule has 0 spiro atoms. The first-order valence-corrected chi connectivity index (χ1v) is 9.45. The van der Waals surface area contributed by atoms with E-state index in [0.29, 0.717) is 5.92 Å². The highest BCUT2D eigenvalue weighted by Crippen LogP contribution is 2.39. The van der Waals surface area contributed by atoms with E-state index in [4.69, 9.17) is 19.6 Å². The van der Waals surface area contributed by atoms with Crippen molar-refractivity contribution in [1.29, 1.82) is 0 Å². The summed E-state index contributed by atoms with van der Waals surface area (Å²) in [7, 11) is 1.99. The van der Waals surface area contributed by atoms with E-state index in [1.165, 1.54) is 24.1 Å². The predicted molar refractivity (Wildman–Crippen MR) is 99.5 cm³/mol. The second kappa shape index (κ2) is 6.11. The normalized spacial score (nSPS) is 15.5. The molecule has 0 radical (unpaired) electrons. The molecular formula is C20H23N5O2. The molecule has 0 saturated heterocycles. The highest BCUT2D eigenvalue weighted by atomic mass is 16.7. The van der Waals surface area contributed by atoms with Gasteiger partial charge in [0.2, 0.25) is 6.79 Å². The smallest absolute Gasteiger partial charge is 0.231 e. The Morgan fingerprint density at radius 3 is 2.63 bits per heavy atom. The molecule has 5 rings (SSSR count). The summed E-state index contributed by atoms with van der Waals surface area (Å²) in [5, 5.41) is 9.35. The lowest BCUT2D eigenvalue weighted by Gasteiger charge is -2.07. The van der Waals surface area contributed by atoms with Crippen LogP contribution in [0.1, 0.15) is 47.4 Å². The summed E-state index contributed by atoms with van der Waals surface area (Å²) in [4.78, 5) is 4.88. The first kappa shape index (κ1) is 16.4. The number of nitrogens with zero attached hydrogens (tertiary/aromatic N) is 5. The fourth-order valence-corrected chi connectivity index (χ4v) is 3.68. The van der Waals surface area contributed by atoms with Crippen LogP contribution in [0.25, 0.3) is 5.69 Å². The van der Waals surface area contributed by atoms with Gasteiger partial charge < -0.3 is 9.47 Å². The van der Waals surface area contributed by atoms with Crippen LogP contribution in [0.3, 0.4) is 0 Å². The lowest BCUT2D eigenvalue weighted by atomic mass is 10.1. The fraction of sp³-hybridized carbons (Fsp3) is 0.450. The van der Waals surface area contributed by atoms with Gasteiger partial charge >= 0.3 is 0 Å². The van der Waals surface area contributed by atoms with Crippen LogP contribution in [0, 0.1) is 13.8 Å². The maximum absolute atomic E-state index is 5.54. The van der Waals surface area contributed by atoms with Gasteiger partial charge in [-0.3, -0.25) is 4.68 Å². The van der Waals surface area contributed by atoms with Crippen molar-refractivity contribution in [2.75, 3.05) is 6.79 Å². The Morgan fingerprint density at radius 1 is 1.07 bits per heavy atom. The highest BCUT2D eigenvalue weighted by Gasteiger charge is 2.29. The molecule has 0 N–H and O–H groups in total. The molecule has 27 heavy (non-hydrogen) atoms. The number of aryl methyl sites for hydroxylation is 3. The van der Waals surface area contributed by atoms with Crippen LogP contribution in [0.15, 0.2) is 18.2 Å². The van der Waals surface area contributed by atoms with E-state index in [-0.39, 0.29) is 6.79 Å². The van der Waals surface area contributed by atoms with Crippen molar-refractivity contribution in [1.82, 2.24) is 24.5 Å². The van der Waals surface area contributed by atoms with Gasteiger partial charge in [-0.1, -0.05) is 0 Å². The Bertz CT molecular complexity index is 1020. The number of benzene rings is 1. The molecule has 7 heteroatoms. The van der Waals surface area contributed by atoms with Crippen molar-refractivity contribution in [2.24, 2.45) is 7.05 Å². The summed E-state index contributed by atoms with van der Waals surface area (Å²) in [5.41, 5.74) is 4.56. The number of rotatable bonds is 5. The average Bonchev–Trinajstić information content (AvgIpc) is 3.16. The van der Waals surface area contributed by atoms with Crippen LogP contribution < -0.4 is 9.47 Å². The summed E-state index contributed by atoms with van der Waals surface area (Å²) in [6.07, 6.45) is 4.09. The van der Waals surface area contributed by atoms with Gasteiger partial charge in [-0.15, -0.1) is 0 Å². The summed E-state index contributed by atoms with van der Waals surface area (Å²) < 4.78 is 14.9. The van der Waals surface area contributed by atoms with E-state index in [2.05, 4.69) is 18.9 Å². The molecule has 0 amide bonds. The number of fused-ring (bicyclic) bond motifs is 1. The third-order valence-corrected chi connectivity index (χ3v) is 5.49. The molecule has 1 aliphatic carbocycles. The number of hydrogen-bond acceptors (Lipinski definition) is 5. The van der Waals surface area contributed by atoms with E-state index in [0.717, 1.165) is 47.4 Å². The van der Waals surface area contributed by atoms with Crippen molar-refractivity contribution in [3.8, 4) is 17.2 Å². The Morgan fingerprint density at radius 2 is 1.89 bits per heavy atom. The van der Waals surface area contributed by atoms with Crippen LogP contribution in [0.2, 0.25) is 0 Å². The zero-order valence-electron chi connectivity index (χ0n) is 15.9. The van der Waals surface area contributed by atoms with Crippen molar-refractivity contribution in [3.63, 3.8) is 0 Å². The van der Waals surface area contributed by atoms with Gasteiger partial charge in [-0.05, 0) is 50.8 Å². The van der Waals surface area contributed by atoms with Gasteiger partial charge in [-0.25, -0.2) is 9.67 Å². The lowest BCUT2D eigenvalue weighted by molar-refractivity contribution is 0.174. The minimum absolute atomic E-state index is 0.274. The van der Waals surface area contributed by atoms with Crippen LogP contribution in [0.4, 0.5) is 0 Å². The SMILES string of the molecule is Cc1nn(C)c(C)c1CCc1nc(C2CC2)nn1-c1ccc2c(c1)OCO2. The Hall–Kier alpha value is -2.83. The number of aromatic nitrogens is 5. The standard InChI is InChI=1S/C20H23N5O2/c1-12-16(13(2)24(3)22-12)7-9-19-21-20(14-4-5-14)23-25(19)15-6-8-17-18(10-15)27-11-26-17/h6,8,10,14H,4-5,7,9,11H2,1-3H3. The second-order valence-corrected chi connectivity index (χ2v) is 7.38. The number of ether oxygens (including phenoxy) is 2. The molecule has 1 saturated carbocycles. The molecule has 0 bridgehead atoms. The maximum Gasteiger partial charge on any atom is 0.231 e. The van der Waals surface area contributed by atoms with Gasteiger partial charge in [0.05, 0.1) is 11.4 Å². The molecule has 1 aliphatic heterocycles. The lowest BCUT2D eigenvalue weighted by Crippen LogP contribution is -2.05.